The van der Waals surface area contributed by atoms with Crippen LogP contribution in [0.3, 0.4) is 0 Å². The van der Waals surface area contributed by atoms with Crippen LogP contribution in [0.25, 0.3) is 10.9 Å². The minimum Gasteiger partial charge on any atom is -0.493 e. The van der Waals surface area contributed by atoms with Crippen molar-refractivity contribution in [3.05, 3.63) is 34.1 Å². The second kappa shape index (κ2) is 4.70. The quantitative estimate of drug-likeness (QED) is 0.883. The molecule has 0 unspecified atom stereocenters. The number of pyridine rings is 1. The number of rotatable bonds is 3. The predicted octanol–water partition coefficient (Wildman–Crippen LogP) is 1.05. The monoisotopic (exact) mass is 249 g/mol. The van der Waals surface area contributed by atoms with E-state index in [-0.39, 0.29) is 12.2 Å². The summed E-state index contributed by atoms with van der Waals surface area (Å²) >= 11 is 0. The molecule has 0 atom stereocenters. The fourth-order valence-corrected chi connectivity index (χ4v) is 1.98. The van der Waals surface area contributed by atoms with E-state index in [0.29, 0.717) is 17.1 Å². The number of aromatic nitrogens is 1. The van der Waals surface area contributed by atoms with Gasteiger partial charge in [-0.25, -0.2) is 0 Å². The SMILES string of the molecule is COc1cc2cc(CO)c(=O)n(C)c2cc1OC. The number of aryl methyl sites for hydroxylation is 1. The molecule has 0 aliphatic heterocycles. The Labute approximate surface area is 104 Å². The van der Waals surface area contributed by atoms with Crippen molar-refractivity contribution in [2.75, 3.05) is 14.2 Å². The van der Waals surface area contributed by atoms with E-state index < -0.39 is 0 Å². The summed E-state index contributed by atoms with van der Waals surface area (Å²) in [6, 6.07) is 5.20. The van der Waals surface area contributed by atoms with Gasteiger partial charge in [-0.15, -0.1) is 0 Å². The van der Waals surface area contributed by atoms with Gasteiger partial charge in [0.2, 0.25) is 0 Å². The molecule has 0 spiro atoms. The summed E-state index contributed by atoms with van der Waals surface area (Å²) in [6.45, 7) is -0.281. The Morgan fingerprint density at radius 1 is 1.17 bits per heavy atom. The molecule has 0 saturated heterocycles. The molecule has 0 fully saturated rings. The minimum atomic E-state index is -0.281. The van der Waals surface area contributed by atoms with E-state index in [2.05, 4.69) is 0 Å². The number of hydrogen-bond acceptors (Lipinski definition) is 4. The molecule has 2 rings (SSSR count). The maximum absolute atomic E-state index is 11.9. The van der Waals surface area contributed by atoms with Crippen LogP contribution in [0.2, 0.25) is 0 Å². The van der Waals surface area contributed by atoms with Crippen molar-refractivity contribution in [1.82, 2.24) is 4.57 Å². The molecule has 0 aliphatic carbocycles. The van der Waals surface area contributed by atoms with Crippen molar-refractivity contribution in [2.45, 2.75) is 6.61 Å². The summed E-state index contributed by atoms with van der Waals surface area (Å²) in [6.07, 6.45) is 0. The van der Waals surface area contributed by atoms with E-state index in [0.717, 1.165) is 10.9 Å². The third-order valence-electron chi connectivity index (χ3n) is 2.97. The summed E-state index contributed by atoms with van der Waals surface area (Å²) in [5, 5.41) is 9.98. The van der Waals surface area contributed by atoms with Crippen LogP contribution in [0.1, 0.15) is 5.56 Å². The molecule has 0 saturated carbocycles. The van der Waals surface area contributed by atoms with E-state index in [1.807, 2.05) is 0 Å². The van der Waals surface area contributed by atoms with Crippen LogP contribution >= 0.6 is 0 Å². The highest BCUT2D eigenvalue weighted by atomic mass is 16.5. The summed E-state index contributed by atoms with van der Waals surface area (Å²) in [5.41, 5.74) is 0.879. The largest absolute Gasteiger partial charge is 0.493 e. The average molecular weight is 249 g/mol. The lowest BCUT2D eigenvalue weighted by Crippen LogP contribution is -2.21. The van der Waals surface area contributed by atoms with E-state index in [9.17, 15) is 4.79 Å². The lowest BCUT2D eigenvalue weighted by Gasteiger charge is -2.12. The van der Waals surface area contributed by atoms with Gasteiger partial charge in [0.05, 0.1) is 26.3 Å². The summed E-state index contributed by atoms with van der Waals surface area (Å²) in [7, 11) is 4.76. The molecule has 1 aromatic carbocycles. The molecule has 0 amide bonds. The Kier molecular flexibility index (Phi) is 3.25. The van der Waals surface area contributed by atoms with Gasteiger partial charge in [0.1, 0.15) is 0 Å². The molecule has 1 N–H and O–H groups in total. The number of fused-ring (bicyclic) bond motifs is 1. The first-order valence-corrected chi connectivity index (χ1v) is 5.48. The fraction of sp³-hybridized carbons (Fsp3) is 0.308. The van der Waals surface area contributed by atoms with Gasteiger partial charge >= 0.3 is 0 Å². The van der Waals surface area contributed by atoms with Crippen LogP contribution in [0.15, 0.2) is 23.0 Å². The zero-order valence-electron chi connectivity index (χ0n) is 10.6. The van der Waals surface area contributed by atoms with Gasteiger partial charge < -0.3 is 19.1 Å². The molecule has 0 radical (unpaired) electrons. The number of nitrogens with zero attached hydrogens (tertiary/aromatic N) is 1. The van der Waals surface area contributed by atoms with Crippen LogP contribution in [0.4, 0.5) is 0 Å². The highest BCUT2D eigenvalue weighted by Crippen LogP contribution is 2.31. The molecular weight excluding hydrogens is 234 g/mol. The fourth-order valence-electron chi connectivity index (χ4n) is 1.98. The first-order valence-electron chi connectivity index (χ1n) is 5.48. The standard InChI is InChI=1S/C13H15NO4/c1-14-10-6-12(18-3)11(17-2)5-8(10)4-9(7-15)13(14)16/h4-6,15H,7H2,1-3H3. The van der Waals surface area contributed by atoms with Crippen LogP contribution in [0.5, 0.6) is 11.5 Å². The molecule has 1 aromatic heterocycles. The second-order valence-corrected chi connectivity index (χ2v) is 3.96. The molecule has 2 aromatic rings. The van der Waals surface area contributed by atoms with Crippen molar-refractivity contribution in [2.24, 2.45) is 7.05 Å². The molecule has 18 heavy (non-hydrogen) atoms. The van der Waals surface area contributed by atoms with Crippen molar-refractivity contribution < 1.29 is 14.6 Å². The molecule has 5 heteroatoms. The Bertz CT molecular complexity index is 645. The van der Waals surface area contributed by atoms with Crippen LogP contribution in [-0.4, -0.2) is 23.9 Å². The molecule has 1 heterocycles. The summed E-state index contributed by atoms with van der Waals surface area (Å²) in [5.74, 6) is 1.16. The number of methoxy groups -OCH3 is 2. The zero-order chi connectivity index (χ0) is 13.3. The first kappa shape index (κ1) is 12.4. The Hall–Kier alpha value is -2.01. The number of aliphatic hydroxyl groups excluding tert-OH is 1. The average Bonchev–Trinajstić information content (AvgIpc) is 2.41. The van der Waals surface area contributed by atoms with E-state index in [4.69, 9.17) is 14.6 Å². The molecule has 96 valence electrons. The van der Waals surface area contributed by atoms with E-state index in [1.54, 1.807) is 39.5 Å². The van der Waals surface area contributed by atoms with Crippen molar-refractivity contribution in [1.29, 1.82) is 0 Å². The van der Waals surface area contributed by atoms with Crippen LogP contribution in [-0.2, 0) is 13.7 Å². The van der Waals surface area contributed by atoms with E-state index >= 15 is 0 Å². The topological polar surface area (TPSA) is 60.7 Å². The third-order valence-corrected chi connectivity index (χ3v) is 2.97. The number of hydrogen-bond donors (Lipinski definition) is 1. The first-order chi connectivity index (χ1) is 8.62. The smallest absolute Gasteiger partial charge is 0.256 e. The lowest BCUT2D eigenvalue weighted by atomic mass is 10.1. The summed E-state index contributed by atoms with van der Waals surface area (Å²) in [4.78, 5) is 11.9. The summed E-state index contributed by atoms with van der Waals surface area (Å²) < 4.78 is 11.9. The Balaban J connectivity index is 2.85. The maximum Gasteiger partial charge on any atom is 0.256 e. The van der Waals surface area contributed by atoms with Gasteiger partial charge in [0.15, 0.2) is 11.5 Å². The van der Waals surface area contributed by atoms with Crippen molar-refractivity contribution in [3.63, 3.8) is 0 Å². The minimum absolute atomic E-state index is 0.211. The van der Waals surface area contributed by atoms with Crippen LogP contribution < -0.4 is 15.0 Å². The predicted molar refractivity (Wildman–Crippen MR) is 68.2 cm³/mol. The van der Waals surface area contributed by atoms with Crippen LogP contribution in [0, 0.1) is 0 Å². The third kappa shape index (κ3) is 1.82. The van der Waals surface area contributed by atoms with Gasteiger partial charge in [-0.05, 0) is 12.1 Å². The Morgan fingerprint density at radius 2 is 1.78 bits per heavy atom. The van der Waals surface area contributed by atoms with Gasteiger partial charge in [-0.3, -0.25) is 4.79 Å². The Morgan fingerprint density at radius 3 is 2.33 bits per heavy atom. The molecular formula is C13H15NO4. The molecule has 0 bridgehead atoms. The second-order valence-electron chi connectivity index (χ2n) is 3.96. The zero-order valence-corrected chi connectivity index (χ0v) is 10.6. The highest BCUT2D eigenvalue weighted by molar-refractivity contribution is 5.83. The number of benzene rings is 1. The normalized spacial score (nSPS) is 10.7. The van der Waals surface area contributed by atoms with Gasteiger partial charge in [0.25, 0.3) is 5.56 Å². The maximum atomic E-state index is 11.9. The van der Waals surface area contributed by atoms with Gasteiger partial charge in [-0.2, -0.15) is 0 Å². The van der Waals surface area contributed by atoms with Crippen molar-refractivity contribution >= 4 is 10.9 Å². The highest BCUT2D eigenvalue weighted by Gasteiger charge is 2.11. The van der Waals surface area contributed by atoms with E-state index in [1.165, 1.54) is 4.57 Å². The van der Waals surface area contributed by atoms with Crippen molar-refractivity contribution in [3.8, 4) is 11.5 Å². The van der Waals surface area contributed by atoms with Gasteiger partial charge in [0, 0.05) is 24.1 Å². The van der Waals surface area contributed by atoms with Gasteiger partial charge in [-0.1, -0.05) is 0 Å². The lowest BCUT2D eigenvalue weighted by molar-refractivity contribution is 0.279. The number of ether oxygens (including phenoxy) is 2. The number of aliphatic hydroxyl groups is 1. The molecule has 0 aliphatic rings. The molecule has 5 nitrogen and oxygen atoms in total.